The largest absolute Gasteiger partial charge is 0.507 e. The van der Waals surface area contributed by atoms with E-state index in [0.717, 1.165) is 6.42 Å². The summed E-state index contributed by atoms with van der Waals surface area (Å²) in [4.78, 5) is 4.38. The SMILES string of the molecule is CCOC(C)(CC)c1noc(-c2ccc(Br)c(O)c2)n1. The number of aromatic hydroxyl groups is 1. The van der Waals surface area contributed by atoms with Gasteiger partial charge in [0, 0.05) is 12.2 Å². The molecule has 0 spiro atoms. The van der Waals surface area contributed by atoms with E-state index >= 15 is 0 Å². The van der Waals surface area contributed by atoms with E-state index < -0.39 is 5.60 Å². The topological polar surface area (TPSA) is 68.4 Å². The van der Waals surface area contributed by atoms with E-state index in [-0.39, 0.29) is 5.75 Å². The first kappa shape index (κ1) is 15.0. The zero-order valence-electron chi connectivity index (χ0n) is 11.7. The second kappa shape index (κ2) is 5.93. The molecule has 2 rings (SSSR count). The van der Waals surface area contributed by atoms with E-state index in [1.54, 1.807) is 18.2 Å². The fraction of sp³-hybridized carbons (Fsp3) is 0.429. The highest BCUT2D eigenvalue weighted by molar-refractivity contribution is 9.10. The van der Waals surface area contributed by atoms with E-state index in [2.05, 4.69) is 26.1 Å². The van der Waals surface area contributed by atoms with Crippen molar-refractivity contribution in [3.05, 3.63) is 28.5 Å². The monoisotopic (exact) mass is 340 g/mol. The van der Waals surface area contributed by atoms with Crippen LogP contribution in [0.15, 0.2) is 27.2 Å². The molecule has 0 aliphatic heterocycles. The summed E-state index contributed by atoms with van der Waals surface area (Å²) in [5, 5.41) is 13.7. The molecule has 0 saturated heterocycles. The van der Waals surface area contributed by atoms with Crippen LogP contribution in [0, 0.1) is 0 Å². The van der Waals surface area contributed by atoms with Gasteiger partial charge in [0.25, 0.3) is 5.89 Å². The molecule has 0 radical (unpaired) electrons. The number of nitrogens with zero attached hydrogens (tertiary/aromatic N) is 2. The van der Waals surface area contributed by atoms with E-state index in [4.69, 9.17) is 9.26 Å². The zero-order valence-corrected chi connectivity index (χ0v) is 13.3. The maximum atomic E-state index is 9.70. The minimum absolute atomic E-state index is 0.130. The van der Waals surface area contributed by atoms with Gasteiger partial charge in [0.1, 0.15) is 11.4 Å². The highest BCUT2D eigenvalue weighted by Crippen LogP contribution is 2.31. The molecule has 0 saturated carbocycles. The van der Waals surface area contributed by atoms with E-state index in [1.165, 1.54) is 0 Å². The molecule has 108 valence electrons. The van der Waals surface area contributed by atoms with Crippen molar-refractivity contribution in [1.82, 2.24) is 10.1 Å². The summed E-state index contributed by atoms with van der Waals surface area (Å²) < 4.78 is 11.6. The molecule has 1 atom stereocenters. The lowest BCUT2D eigenvalue weighted by Crippen LogP contribution is -2.26. The summed E-state index contributed by atoms with van der Waals surface area (Å²) in [5.74, 6) is 1.01. The molecule has 20 heavy (non-hydrogen) atoms. The van der Waals surface area contributed by atoms with Crippen LogP contribution in [0.1, 0.15) is 33.0 Å². The number of halogens is 1. The van der Waals surface area contributed by atoms with Crippen molar-refractivity contribution in [3.8, 4) is 17.2 Å². The van der Waals surface area contributed by atoms with Gasteiger partial charge in [-0.2, -0.15) is 4.98 Å². The third kappa shape index (κ3) is 2.86. The van der Waals surface area contributed by atoms with Gasteiger partial charge in [-0.1, -0.05) is 12.1 Å². The van der Waals surface area contributed by atoms with Crippen molar-refractivity contribution in [2.45, 2.75) is 32.8 Å². The van der Waals surface area contributed by atoms with Crippen molar-refractivity contribution in [3.63, 3.8) is 0 Å². The number of benzene rings is 1. The molecule has 1 unspecified atom stereocenters. The Morgan fingerprint density at radius 2 is 2.15 bits per heavy atom. The molecule has 0 amide bonds. The Morgan fingerprint density at radius 1 is 1.40 bits per heavy atom. The van der Waals surface area contributed by atoms with Gasteiger partial charge >= 0.3 is 0 Å². The summed E-state index contributed by atoms with van der Waals surface area (Å²) in [5.41, 5.74) is 0.105. The van der Waals surface area contributed by atoms with E-state index in [1.807, 2.05) is 20.8 Å². The van der Waals surface area contributed by atoms with Crippen molar-refractivity contribution in [2.24, 2.45) is 0 Å². The Balaban J connectivity index is 2.34. The lowest BCUT2D eigenvalue weighted by molar-refractivity contribution is -0.0403. The number of phenols is 1. The highest BCUT2D eigenvalue weighted by Gasteiger charge is 2.31. The van der Waals surface area contributed by atoms with Crippen LogP contribution in [0.4, 0.5) is 0 Å². The molecular weight excluding hydrogens is 324 g/mol. The van der Waals surface area contributed by atoms with Crippen LogP contribution in [-0.2, 0) is 10.3 Å². The van der Waals surface area contributed by atoms with Crippen molar-refractivity contribution in [2.75, 3.05) is 6.61 Å². The van der Waals surface area contributed by atoms with Crippen LogP contribution in [0.3, 0.4) is 0 Å². The van der Waals surface area contributed by atoms with Crippen molar-refractivity contribution >= 4 is 15.9 Å². The lowest BCUT2D eigenvalue weighted by atomic mass is 10.0. The number of phenolic OH excluding ortho intramolecular Hbond substituents is 1. The third-order valence-electron chi connectivity index (χ3n) is 3.23. The minimum atomic E-state index is -0.562. The van der Waals surface area contributed by atoms with Crippen LogP contribution in [0.25, 0.3) is 11.5 Å². The molecule has 5 nitrogen and oxygen atoms in total. The molecule has 0 bridgehead atoms. The lowest BCUT2D eigenvalue weighted by Gasteiger charge is -2.23. The summed E-state index contributed by atoms with van der Waals surface area (Å²) in [6, 6.07) is 5.10. The molecule has 1 heterocycles. The molecule has 0 fully saturated rings. The van der Waals surface area contributed by atoms with Crippen LogP contribution >= 0.6 is 15.9 Å². The molecule has 1 aromatic heterocycles. The Labute approximate surface area is 126 Å². The molecule has 0 aliphatic rings. The molecule has 0 aliphatic carbocycles. The predicted octanol–water partition coefficient (Wildman–Crippen LogP) is 3.87. The fourth-order valence-corrected chi connectivity index (χ4v) is 2.09. The Morgan fingerprint density at radius 3 is 2.75 bits per heavy atom. The van der Waals surface area contributed by atoms with Crippen LogP contribution in [-0.4, -0.2) is 21.9 Å². The summed E-state index contributed by atoms with van der Waals surface area (Å²) in [6.07, 6.45) is 0.741. The fourth-order valence-electron chi connectivity index (χ4n) is 1.84. The van der Waals surface area contributed by atoms with Crippen LogP contribution < -0.4 is 0 Å². The smallest absolute Gasteiger partial charge is 0.258 e. The summed E-state index contributed by atoms with van der Waals surface area (Å²) >= 11 is 3.23. The Hall–Kier alpha value is -1.40. The van der Waals surface area contributed by atoms with E-state index in [9.17, 15) is 5.11 Å². The average molecular weight is 341 g/mol. The van der Waals surface area contributed by atoms with Gasteiger partial charge in [-0.3, -0.25) is 0 Å². The molecule has 2 aromatic rings. The second-order valence-corrected chi connectivity index (χ2v) is 5.46. The normalized spacial score (nSPS) is 14.2. The zero-order chi connectivity index (χ0) is 14.8. The highest BCUT2D eigenvalue weighted by atomic mass is 79.9. The van der Waals surface area contributed by atoms with Gasteiger partial charge < -0.3 is 14.4 Å². The molecule has 1 aromatic carbocycles. The molecule has 6 heteroatoms. The van der Waals surface area contributed by atoms with Crippen LogP contribution in [0.5, 0.6) is 5.75 Å². The maximum absolute atomic E-state index is 9.70. The number of ether oxygens (including phenoxy) is 1. The van der Waals surface area contributed by atoms with Crippen molar-refractivity contribution < 1.29 is 14.4 Å². The average Bonchev–Trinajstić information content (AvgIpc) is 2.92. The number of aromatic nitrogens is 2. The first-order valence-electron chi connectivity index (χ1n) is 6.47. The third-order valence-corrected chi connectivity index (χ3v) is 3.90. The first-order chi connectivity index (χ1) is 9.50. The van der Waals surface area contributed by atoms with Crippen molar-refractivity contribution in [1.29, 1.82) is 0 Å². The van der Waals surface area contributed by atoms with Crippen LogP contribution in [0.2, 0.25) is 0 Å². The van der Waals surface area contributed by atoms with E-state index in [0.29, 0.717) is 28.4 Å². The second-order valence-electron chi connectivity index (χ2n) is 4.61. The van der Waals surface area contributed by atoms with Gasteiger partial charge in [-0.15, -0.1) is 0 Å². The van der Waals surface area contributed by atoms with Gasteiger partial charge in [0.15, 0.2) is 0 Å². The standard InChI is InChI=1S/C14H17BrN2O3/c1-4-14(3,19-5-2)13-16-12(20-17-13)9-6-7-10(15)11(18)8-9/h6-8,18H,4-5H2,1-3H3. The van der Waals surface area contributed by atoms with Gasteiger partial charge in [0.05, 0.1) is 4.47 Å². The minimum Gasteiger partial charge on any atom is -0.507 e. The van der Waals surface area contributed by atoms with Gasteiger partial charge in [-0.25, -0.2) is 0 Å². The number of rotatable bonds is 5. The Bertz CT molecular complexity index is 600. The summed E-state index contributed by atoms with van der Waals surface area (Å²) in [6.45, 7) is 6.45. The number of hydrogen-bond donors (Lipinski definition) is 1. The van der Waals surface area contributed by atoms with Gasteiger partial charge in [-0.05, 0) is 54.4 Å². The maximum Gasteiger partial charge on any atom is 0.258 e. The number of hydrogen-bond acceptors (Lipinski definition) is 5. The Kier molecular flexibility index (Phi) is 4.45. The quantitative estimate of drug-likeness (QED) is 0.894. The summed E-state index contributed by atoms with van der Waals surface area (Å²) in [7, 11) is 0. The first-order valence-corrected chi connectivity index (χ1v) is 7.26. The van der Waals surface area contributed by atoms with Gasteiger partial charge in [0.2, 0.25) is 5.82 Å². The molecule has 1 N–H and O–H groups in total. The predicted molar refractivity (Wildman–Crippen MR) is 78.4 cm³/mol. The molecular formula is C14H17BrN2O3.